The van der Waals surface area contributed by atoms with E-state index in [9.17, 15) is 17.6 Å². The van der Waals surface area contributed by atoms with Gasteiger partial charge in [0.2, 0.25) is 10.0 Å². The molecule has 1 amide bonds. The molecule has 4 rings (SSSR count). The third-order valence-electron chi connectivity index (χ3n) is 7.34. The van der Waals surface area contributed by atoms with Crippen molar-refractivity contribution in [3.63, 3.8) is 0 Å². The Bertz CT molecular complexity index is 1280. The number of nitrogens with one attached hydrogen (secondary N) is 1. The number of halogens is 3. The van der Waals surface area contributed by atoms with Gasteiger partial charge in [0.15, 0.2) is 0 Å². The number of benzene rings is 2. The number of likely N-dealkylation sites (tertiary alicyclic amines) is 1. The van der Waals surface area contributed by atoms with E-state index < -0.39 is 27.3 Å². The highest BCUT2D eigenvalue weighted by molar-refractivity contribution is 7.89. The Morgan fingerprint density at radius 3 is 2.29 bits per heavy atom. The van der Waals surface area contributed by atoms with Crippen LogP contribution in [0.1, 0.15) is 60.0 Å². The molecule has 11 heteroatoms. The second-order valence-corrected chi connectivity index (χ2v) is 13.1. The summed E-state index contributed by atoms with van der Waals surface area (Å²) in [5.74, 6) is -0.927. The second-order valence-electron chi connectivity index (χ2n) is 10.5. The molecule has 2 aliphatic rings. The van der Waals surface area contributed by atoms with Gasteiger partial charge < -0.3 is 9.47 Å². The van der Waals surface area contributed by atoms with Crippen molar-refractivity contribution >= 4 is 39.1 Å². The summed E-state index contributed by atoms with van der Waals surface area (Å²) in [6, 6.07) is 8.20. The average molecular weight is 588 g/mol. The van der Waals surface area contributed by atoms with E-state index in [1.54, 1.807) is 13.2 Å². The molecular weight excluding hydrogens is 554 g/mol. The van der Waals surface area contributed by atoms with Crippen molar-refractivity contribution in [1.29, 1.82) is 0 Å². The maximum Gasteiger partial charge on any atom is 0.267 e. The zero-order chi connectivity index (χ0) is 27.7. The van der Waals surface area contributed by atoms with E-state index in [4.69, 9.17) is 32.7 Å². The Labute approximate surface area is 233 Å². The van der Waals surface area contributed by atoms with Crippen LogP contribution in [0.3, 0.4) is 0 Å². The molecule has 7 nitrogen and oxygen atoms in total. The van der Waals surface area contributed by atoms with Crippen LogP contribution in [0.4, 0.5) is 4.39 Å². The maximum absolute atomic E-state index is 14.8. The Morgan fingerprint density at radius 2 is 1.74 bits per heavy atom. The lowest BCUT2D eigenvalue weighted by atomic mass is 9.86. The fraction of sp³-hybridized carbons (Fsp3) is 0.519. The Kier molecular flexibility index (Phi) is 8.94. The molecule has 0 aromatic heterocycles. The van der Waals surface area contributed by atoms with Crippen molar-refractivity contribution in [2.24, 2.45) is 5.92 Å². The molecule has 1 saturated carbocycles. The summed E-state index contributed by atoms with van der Waals surface area (Å²) in [5.41, 5.74) is 1.04. The molecule has 208 valence electrons. The number of hydrogen-bond acceptors (Lipinski definition) is 6. The predicted octanol–water partition coefficient (Wildman–Crippen LogP) is 5.35. The molecule has 0 radical (unpaired) electrons. The van der Waals surface area contributed by atoms with Gasteiger partial charge in [-0.2, -0.15) is 0 Å². The van der Waals surface area contributed by atoms with E-state index in [0.717, 1.165) is 56.2 Å². The van der Waals surface area contributed by atoms with E-state index in [2.05, 4.69) is 11.8 Å². The minimum atomic E-state index is -3.80. The van der Waals surface area contributed by atoms with Gasteiger partial charge in [-0.15, -0.1) is 0 Å². The molecule has 2 aromatic carbocycles. The summed E-state index contributed by atoms with van der Waals surface area (Å²) in [6.07, 6.45) is 4.45. The number of hydrogen-bond donors (Lipinski definition) is 1. The number of rotatable bonds is 10. The van der Waals surface area contributed by atoms with Crippen molar-refractivity contribution < 1.29 is 27.1 Å². The summed E-state index contributed by atoms with van der Waals surface area (Å²) in [7, 11) is -2.13. The number of amides is 1. The van der Waals surface area contributed by atoms with Crippen LogP contribution in [-0.4, -0.2) is 58.9 Å². The predicted molar refractivity (Wildman–Crippen MR) is 146 cm³/mol. The summed E-state index contributed by atoms with van der Waals surface area (Å²) in [5, 5.41) is 1.16. The number of nitrogens with zero attached hydrogens (tertiary/aromatic N) is 1. The van der Waals surface area contributed by atoms with Gasteiger partial charge in [-0.3, -0.25) is 9.69 Å². The SMILES string of the molecule is COC[C@](C)(c1cc(Cl)cc(Cl)c1)N1CCC(COc2cc(F)c(C(=O)NS(C)(=O)=O)cc2C2CC2)CC1. The molecule has 1 heterocycles. The lowest BCUT2D eigenvalue weighted by Gasteiger charge is -2.45. The van der Waals surface area contributed by atoms with E-state index in [1.807, 2.05) is 16.9 Å². The lowest BCUT2D eigenvalue weighted by molar-refractivity contribution is -0.00666. The first kappa shape index (κ1) is 29.1. The van der Waals surface area contributed by atoms with Crippen LogP contribution >= 0.6 is 23.2 Å². The monoisotopic (exact) mass is 586 g/mol. The largest absolute Gasteiger partial charge is 0.493 e. The Morgan fingerprint density at radius 1 is 1.11 bits per heavy atom. The first-order valence-electron chi connectivity index (χ1n) is 12.6. The molecule has 0 unspecified atom stereocenters. The van der Waals surface area contributed by atoms with E-state index in [0.29, 0.717) is 29.0 Å². The van der Waals surface area contributed by atoms with E-state index >= 15 is 0 Å². The van der Waals surface area contributed by atoms with Crippen LogP contribution in [0.5, 0.6) is 5.75 Å². The number of piperidine rings is 1. The van der Waals surface area contributed by atoms with Gasteiger partial charge in [-0.25, -0.2) is 17.5 Å². The minimum absolute atomic E-state index is 0.177. The molecule has 1 atom stereocenters. The summed E-state index contributed by atoms with van der Waals surface area (Å²) in [6.45, 7) is 4.65. The maximum atomic E-state index is 14.8. The Balaban J connectivity index is 1.43. The standard InChI is InChI=1S/C27H33Cl2FN2O5S/c1-27(16-36-2,19-10-20(28)12-21(29)11-19)32-8-6-17(7-9-32)15-37-25-14-24(30)23(13-22(25)18-4-5-18)26(33)31-38(3,34)35/h10-14,17-18H,4-9,15-16H2,1-3H3,(H,31,33)/t27-/m1/s1. The van der Waals surface area contributed by atoms with E-state index in [1.165, 1.54) is 12.1 Å². The molecule has 2 fully saturated rings. The van der Waals surface area contributed by atoms with Crippen molar-refractivity contribution in [2.45, 2.75) is 44.1 Å². The van der Waals surface area contributed by atoms with Crippen molar-refractivity contribution in [3.05, 3.63) is 62.9 Å². The van der Waals surface area contributed by atoms with Gasteiger partial charge in [0.1, 0.15) is 11.6 Å². The highest BCUT2D eigenvalue weighted by Crippen LogP contribution is 2.45. The van der Waals surface area contributed by atoms with Gasteiger partial charge in [-0.1, -0.05) is 23.2 Å². The summed E-state index contributed by atoms with van der Waals surface area (Å²) in [4.78, 5) is 14.7. The Hall–Kier alpha value is -1.91. The van der Waals surface area contributed by atoms with Crippen LogP contribution in [-0.2, 0) is 20.3 Å². The number of methoxy groups -OCH3 is 1. The normalized spacial score (nSPS) is 18.7. The molecule has 38 heavy (non-hydrogen) atoms. The molecule has 0 bridgehead atoms. The van der Waals surface area contributed by atoms with Gasteiger partial charge >= 0.3 is 0 Å². The minimum Gasteiger partial charge on any atom is -0.493 e. The molecule has 1 saturated heterocycles. The smallest absolute Gasteiger partial charge is 0.267 e. The second kappa shape index (κ2) is 11.7. The molecule has 0 spiro atoms. The van der Waals surface area contributed by atoms with Crippen LogP contribution in [0.15, 0.2) is 30.3 Å². The first-order chi connectivity index (χ1) is 17.9. The van der Waals surface area contributed by atoms with Crippen molar-refractivity contribution in [2.75, 3.05) is 39.7 Å². The molecule has 1 aliphatic carbocycles. The number of carbonyl (C=O) groups excluding carboxylic acids is 1. The van der Waals surface area contributed by atoms with Crippen LogP contribution < -0.4 is 9.46 Å². The van der Waals surface area contributed by atoms with Gasteiger partial charge in [-0.05, 0) is 92.9 Å². The van der Waals surface area contributed by atoms with Crippen LogP contribution in [0, 0.1) is 11.7 Å². The van der Waals surface area contributed by atoms with E-state index in [-0.39, 0.29) is 17.4 Å². The fourth-order valence-corrected chi connectivity index (χ4v) is 6.08. The average Bonchev–Trinajstić information content (AvgIpc) is 3.67. The fourth-order valence-electron chi connectivity index (χ4n) is 5.11. The number of carbonyl (C=O) groups is 1. The van der Waals surface area contributed by atoms with Crippen molar-refractivity contribution in [3.8, 4) is 5.75 Å². The lowest BCUT2D eigenvalue weighted by Crippen LogP contribution is -2.51. The first-order valence-corrected chi connectivity index (χ1v) is 15.2. The zero-order valence-corrected chi connectivity index (χ0v) is 24.1. The quantitative estimate of drug-likeness (QED) is 0.404. The van der Waals surface area contributed by atoms with Gasteiger partial charge in [0.25, 0.3) is 5.91 Å². The molecule has 1 N–H and O–H groups in total. The topological polar surface area (TPSA) is 84.9 Å². The molecule has 1 aliphatic heterocycles. The van der Waals surface area contributed by atoms with Gasteiger partial charge in [0.05, 0.1) is 30.6 Å². The third kappa shape index (κ3) is 6.99. The van der Waals surface area contributed by atoms with Gasteiger partial charge in [0, 0.05) is 23.2 Å². The van der Waals surface area contributed by atoms with Crippen molar-refractivity contribution in [1.82, 2.24) is 9.62 Å². The van der Waals surface area contributed by atoms with Crippen LogP contribution in [0.25, 0.3) is 0 Å². The third-order valence-corrected chi connectivity index (χ3v) is 8.33. The number of sulfonamides is 1. The molecule has 2 aromatic rings. The summed E-state index contributed by atoms with van der Waals surface area (Å²) < 4.78 is 51.2. The molecular formula is C27H33Cl2FN2O5S. The highest BCUT2D eigenvalue weighted by atomic mass is 35.5. The number of ether oxygens (including phenoxy) is 2. The highest BCUT2D eigenvalue weighted by Gasteiger charge is 2.37. The zero-order valence-electron chi connectivity index (χ0n) is 21.7. The summed E-state index contributed by atoms with van der Waals surface area (Å²) >= 11 is 12.6. The van der Waals surface area contributed by atoms with Crippen LogP contribution in [0.2, 0.25) is 10.0 Å².